The Hall–Kier alpha value is -2.66. The van der Waals surface area contributed by atoms with Crippen LogP contribution in [0.5, 0.6) is 0 Å². The van der Waals surface area contributed by atoms with E-state index >= 15 is 0 Å². The van der Waals surface area contributed by atoms with Gasteiger partial charge in [0.1, 0.15) is 11.2 Å². The lowest BCUT2D eigenvalue weighted by molar-refractivity contribution is 0.0445. The molecule has 1 unspecified atom stereocenters. The summed E-state index contributed by atoms with van der Waals surface area (Å²) in [6.45, 7) is 11.1. The Morgan fingerprint density at radius 1 is 1.04 bits per heavy atom. The van der Waals surface area contributed by atoms with Crippen LogP contribution in [0.4, 0.5) is 4.79 Å². The summed E-state index contributed by atoms with van der Waals surface area (Å²) in [5.74, 6) is 0. The zero-order chi connectivity index (χ0) is 21.4. The number of alkyl carbamates (subject to hydrolysis) is 1. The SMILES string of the molecule is CC.Cc1ccc(C(=N)C(O)(CNC(=O)OC(C)(C)C)c2ccccc2)cc1. The molecule has 0 saturated heterocycles. The van der Waals surface area contributed by atoms with Crippen LogP contribution in [0.2, 0.25) is 0 Å². The van der Waals surface area contributed by atoms with Gasteiger partial charge in [-0.25, -0.2) is 4.79 Å². The van der Waals surface area contributed by atoms with E-state index in [1.165, 1.54) is 0 Å². The van der Waals surface area contributed by atoms with E-state index in [1.54, 1.807) is 57.2 Å². The van der Waals surface area contributed by atoms with E-state index in [2.05, 4.69) is 5.32 Å². The number of benzene rings is 2. The van der Waals surface area contributed by atoms with Crippen molar-refractivity contribution in [3.05, 3.63) is 71.3 Å². The van der Waals surface area contributed by atoms with Gasteiger partial charge in [-0.1, -0.05) is 74.0 Å². The lowest BCUT2D eigenvalue weighted by Gasteiger charge is -2.30. The summed E-state index contributed by atoms with van der Waals surface area (Å²) < 4.78 is 5.24. The van der Waals surface area contributed by atoms with Crippen LogP contribution in [0.1, 0.15) is 51.3 Å². The van der Waals surface area contributed by atoms with Crippen LogP contribution in [0, 0.1) is 12.3 Å². The summed E-state index contributed by atoms with van der Waals surface area (Å²) >= 11 is 0. The molecule has 2 aromatic carbocycles. The Balaban J connectivity index is 0.00000190. The number of hydrogen-bond acceptors (Lipinski definition) is 4. The highest BCUT2D eigenvalue weighted by Gasteiger charge is 2.36. The van der Waals surface area contributed by atoms with Crippen molar-refractivity contribution in [1.29, 1.82) is 5.41 Å². The van der Waals surface area contributed by atoms with Gasteiger partial charge in [0.2, 0.25) is 0 Å². The molecule has 0 fully saturated rings. The molecule has 0 bridgehead atoms. The smallest absolute Gasteiger partial charge is 0.407 e. The van der Waals surface area contributed by atoms with Gasteiger partial charge >= 0.3 is 6.09 Å². The number of aryl methyl sites for hydroxylation is 1. The summed E-state index contributed by atoms with van der Waals surface area (Å²) in [4.78, 5) is 12.0. The highest BCUT2D eigenvalue weighted by Crippen LogP contribution is 2.26. The van der Waals surface area contributed by atoms with E-state index in [0.717, 1.165) is 5.56 Å². The molecule has 0 spiro atoms. The van der Waals surface area contributed by atoms with E-state index in [1.807, 2.05) is 39.0 Å². The third-order valence-corrected chi connectivity index (χ3v) is 3.89. The first-order valence-electron chi connectivity index (χ1n) is 9.53. The maximum Gasteiger partial charge on any atom is 0.407 e. The van der Waals surface area contributed by atoms with Gasteiger partial charge in [-0.05, 0) is 38.8 Å². The van der Waals surface area contributed by atoms with Crippen molar-refractivity contribution in [2.24, 2.45) is 0 Å². The van der Waals surface area contributed by atoms with Gasteiger partial charge in [-0.15, -0.1) is 0 Å². The van der Waals surface area contributed by atoms with Crippen LogP contribution in [0.25, 0.3) is 0 Å². The van der Waals surface area contributed by atoms with Crippen LogP contribution in [0.3, 0.4) is 0 Å². The summed E-state index contributed by atoms with van der Waals surface area (Å²) in [6.07, 6.45) is -0.636. The van der Waals surface area contributed by atoms with Gasteiger partial charge in [0.05, 0.1) is 12.3 Å². The van der Waals surface area contributed by atoms with Crippen molar-refractivity contribution < 1.29 is 14.6 Å². The summed E-state index contributed by atoms with van der Waals surface area (Å²) in [6, 6.07) is 16.2. The summed E-state index contributed by atoms with van der Waals surface area (Å²) in [5, 5.41) is 22.5. The number of aliphatic hydroxyl groups is 1. The number of ether oxygens (including phenoxy) is 1. The molecule has 0 aliphatic carbocycles. The predicted molar refractivity (Wildman–Crippen MR) is 114 cm³/mol. The summed E-state index contributed by atoms with van der Waals surface area (Å²) in [5.41, 5.74) is -0.113. The van der Waals surface area contributed by atoms with Crippen molar-refractivity contribution in [3.8, 4) is 0 Å². The molecule has 0 aliphatic rings. The molecule has 28 heavy (non-hydrogen) atoms. The van der Waals surface area contributed by atoms with Gasteiger partial charge in [-0.3, -0.25) is 0 Å². The van der Waals surface area contributed by atoms with Crippen LogP contribution >= 0.6 is 0 Å². The number of nitrogens with one attached hydrogen (secondary N) is 2. The van der Waals surface area contributed by atoms with Crippen LogP contribution in [0.15, 0.2) is 54.6 Å². The molecule has 0 aliphatic heterocycles. The molecule has 1 atom stereocenters. The summed E-state index contributed by atoms with van der Waals surface area (Å²) in [7, 11) is 0. The number of carbonyl (C=O) groups excluding carboxylic acids is 1. The molecule has 2 rings (SSSR count). The Morgan fingerprint density at radius 2 is 1.57 bits per heavy atom. The molecule has 0 heterocycles. The first-order chi connectivity index (χ1) is 13.1. The average Bonchev–Trinajstić information content (AvgIpc) is 2.67. The molecule has 0 radical (unpaired) electrons. The minimum atomic E-state index is -1.67. The molecule has 1 amide bonds. The third kappa shape index (κ3) is 6.50. The minimum absolute atomic E-state index is 0.0137. The quantitative estimate of drug-likeness (QED) is 0.648. The highest BCUT2D eigenvalue weighted by atomic mass is 16.6. The fourth-order valence-electron chi connectivity index (χ4n) is 2.52. The zero-order valence-corrected chi connectivity index (χ0v) is 17.7. The molecule has 152 valence electrons. The van der Waals surface area contributed by atoms with Crippen LogP contribution in [-0.4, -0.2) is 29.1 Å². The number of amides is 1. The third-order valence-electron chi connectivity index (χ3n) is 3.89. The van der Waals surface area contributed by atoms with Gasteiger partial charge in [-0.2, -0.15) is 0 Å². The van der Waals surface area contributed by atoms with Crippen molar-refractivity contribution in [2.45, 2.75) is 52.7 Å². The molecular weight excluding hydrogens is 352 g/mol. The Bertz CT molecular complexity index is 765. The Kier molecular flexibility index (Phi) is 8.38. The highest BCUT2D eigenvalue weighted by molar-refractivity contribution is 6.05. The van der Waals surface area contributed by atoms with E-state index < -0.39 is 17.3 Å². The van der Waals surface area contributed by atoms with Gasteiger partial charge in [0.15, 0.2) is 0 Å². The number of rotatable bonds is 5. The fourth-order valence-corrected chi connectivity index (χ4v) is 2.52. The predicted octanol–water partition coefficient (Wildman–Crippen LogP) is 4.80. The van der Waals surface area contributed by atoms with Crippen molar-refractivity contribution in [3.63, 3.8) is 0 Å². The number of hydrogen-bond donors (Lipinski definition) is 3. The average molecular weight is 385 g/mol. The molecule has 3 N–H and O–H groups in total. The van der Waals surface area contributed by atoms with E-state index in [9.17, 15) is 9.90 Å². The molecule has 5 nitrogen and oxygen atoms in total. The molecule has 2 aromatic rings. The fraction of sp³-hybridized carbons (Fsp3) is 0.391. The van der Waals surface area contributed by atoms with Crippen LogP contribution in [-0.2, 0) is 10.3 Å². The minimum Gasteiger partial charge on any atom is -0.444 e. The maximum absolute atomic E-state index is 12.0. The molecule has 5 heteroatoms. The molecule has 0 aromatic heterocycles. The Labute approximate surface area is 168 Å². The molecule has 0 saturated carbocycles. The van der Waals surface area contributed by atoms with Gasteiger partial charge < -0.3 is 20.6 Å². The first kappa shape index (κ1) is 23.4. The Morgan fingerprint density at radius 3 is 2.07 bits per heavy atom. The second kappa shape index (κ2) is 10.0. The molecular formula is C23H32N2O3. The van der Waals surface area contributed by atoms with Crippen molar-refractivity contribution >= 4 is 11.8 Å². The lowest BCUT2D eigenvalue weighted by atomic mass is 9.85. The topological polar surface area (TPSA) is 82.4 Å². The van der Waals surface area contributed by atoms with Gasteiger partial charge in [0, 0.05) is 0 Å². The van der Waals surface area contributed by atoms with Crippen molar-refractivity contribution in [2.75, 3.05) is 6.54 Å². The maximum atomic E-state index is 12.0. The monoisotopic (exact) mass is 384 g/mol. The second-order valence-electron chi connectivity index (χ2n) is 7.32. The van der Waals surface area contributed by atoms with Crippen LogP contribution < -0.4 is 5.32 Å². The second-order valence-corrected chi connectivity index (χ2v) is 7.32. The largest absolute Gasteiger partial charge is 0.444 e. The normalized spacial score (nSPS) is 12.8. The number of carbonyl (C=O) groups is 1. The van der Waals surface area contributed by atoms with Crippen molar-refractivity contribution in [1.82, 2.24) is 5.32 Å². The standard InChI is InChI=1S/C21H26N2O3.C2H6/c1-15-10-12-16(13-11-15)18(22)21(25,17-8-6-5-7-9-17)14-23-19(24)26-20(2,3)4;1-2/h5-13,22,25H,14H2,1-4H3,(H,23,24);1-2H3. The van der Waals surface area contributed by atoms with E-state index in [-0.39, 0.29) is 12.3 Å². The lowest BCUT2D eigenvalue weighted by Crippen LogP contribution is -2.47. The van der Waals surface area contributed by atoms with E-state index in [0.29, 0.717) is 11.1 Å². The first-order valence-corrected chi connectivity index (χ1v) is 9.53. The van der Waals surface area contributed by atoms with E-state index in [4.69, 9.17) is 10.1 Å². The zero-order valence-electron chi connectivity index (χ0n) is 17.7. The van der Waals surface area contributed by atoms with Gasteiger partial charge in [0.25, 0.3) is 0 Å².